The van der Waals surface area contributed by atoms with Crippen molar-refractivity contribution in [1.82, 2.24) is 15.1 Å². The lowest BCUT2D eigenvalue weighted by molar-refractivity contribution is 0.0911. The maximum atomic E-state index is 12.1. The molecule has 0 radical (unpaired) electrons. The third kappa shape index (κ3) is 3.15. The van der Waals surface area contributed by atoms with Gasteiger partial charge in [-0.25, -0.2) is 4.68 Å². The lowest BCUT2D eigenvalue weighted by Gasteiger charge is -2.14. The highest BCUT2D eigenvalue weighted by molar-refractivity contribution is 6.32. The number of hydrogen-bond acceptors (Lipinski definition) is 3. The third-order valence-corrected chi connectivity index (χ3v) is 4.38. The first-order valence-electron chi connectivity index (χ1n) is 7.42. The van der Waals surface area contributed by atoms with Gasteiger partial charge >= 0.3 is 0 Å². The molecule has 1 amide bonds. The van der Waals surface area contributed by atoms with Crippen molar-refractivity contribution in [2.24, 2.45) is 5.92 Å². The van der Waals surface area contributed by atoms with Crippen molar-refractivity contribution in [2.75, 3.05) is 6.54 Å². The molecule has 1 aliphatic carbocycles. The van der Waals surface area contributed by atoms with Crippen molar-refractivity contribution >= 4 is 17.5 Å². The molecule has 0 aliphatic heterocycles. The second-order valence-corrected chi connectivity index (χ2v) is 5.97. The van der Waals surface area contributed by atoms with Crippen LogP contribution in [0.1, 0.15) is 29.8 Å². The van der Waals surface area contributed by atoms with Gasteiger partial charge in [-0.05, 0) is 31.0 Å². The van der Waals surface area contributed by atoms with E-state index in [0.29, 0.717) is 17.3 Å². The SMILES string of the molecule is O=C(NCC1CCCC1O)c1ccn(-c2ccccc2Cl)n1. The Morgan fingerprint density at radius 2 is 2.18 bits per heavy atom. The molecular weight excluding hydrogens is 302 g/mol. The Balaban J connectivity index is 1.66. The van der Waals surface area contributed by atoms with Crippen molar-refractivity contribution in [1.29, 1.82) is 0 Å². The number of rotatable bonds is 4. The average Bonchev–Trinajstić information content (AvgIpc) is 3.14. The molecule has 5 nitrogen and oxygen atoms in total. The van der Waals surface area contributed by atoms with Crippen LogP contribution in [0.3, 0.4) is 0 Å². The highest BCUT2D eigenvalue weighted by atomic mass is 35.5. The van der Waals surface area contributed by atoms with Crippen LogP contribution in [0, 0.1) is 5.92 Å². The van der Waals surface area contributed by atoms with Crippen LogP contribution in [0.15, 0.2) is 36.5 Å². The van der Waals surface area contributed by atoms with Gasteiger partial charge in [0.2, 0.25) is 0 Å². The Morgan fingerprint density at radius 3 is 2.91 bits per heavy atom. The smallest absolute Gasteiger partial charge is 0.271 e. The van der Waals surface area contributed by atoms with E-state index in [0.717, 1.165) is 24.9 Å². The summed E-state index contributed by atoms with van der Waals surface area (Å²) in [7, 11) is 0. The van der Waals surface area contributed by atoms with Crippen molar-refractivity contribution in [3.05, 3.63) is 47.2 Å². The summed E-state index contributed by atoms with van der Waals surface area (Å²) in [6.45, 7) is 0.485. The molecule has 0 spiro atoms. The van der Waals surface area contributed by atoms with Crippen molar-refractivity contribution in [3.8, 4) is 5.69 Å². The number of para-hydroxylation sites is 1. The van der Waals surface area contributed by atoms with Crippen LogP contribution in [0.4, 0.5) is 0 Å². The largest absolute Gasteiger partial charge is 0.393 e. The van der Waals surface area contributed by atoms with E-state index in [2.05, 4.69) is 10.4 Å². The Bertz CT molecular complexity index is 671. The van der Waals surface area contributed by atoms with Gasteiger partial charge in [-0.2, -0.15) is 5.10 Å². The molecule has 3 rings (SSSR count). The second kappa shape index (κ2) is 6.50. The monoisotopic (exact) mass is 319 g/mol. The summed E-state index contributed by atoms with van der Waals surface area (Å²) in [6, 6.07) is 8.98. The van der Waals surface area contributed by atoms with E-state index in [-0.39, 0.29) is 17.9 Å². The number of aliphatic hydroxyl groups is 1. The molecule has 1 saturated carbocycles. The van der Waals surface area contributed by atoms with Crippen LogP contribution >= 0.6 is 11.6 Å². The fourth-order valence-electron chi connectivity index (χ4n) is 2.79. The number of amides is 1. The van der Waals surface area contributed by atoms with Gasteiger partial charge in [-0.15, -0.1) is 0 Å². The van der Waals surface area contributed by atoms with E-state index in [1.165, 1.54) is 0 Å². The minimum Gasteiger partial charge on any atom is -0.393 e. The molecule has 116 valence electrons. The number of aromatic nitrogens is 2. The zero-order chi connectivity index (χ0) is 15.5. The molecular formula is C16H18ClN3O2. The molecule has 2 unspecified atom stereocenters. The molecule has 2 aromatic rings. The predicted octanol–water partition coefficient (Wildman–Crippen LogP) is 2.42. The minimum atomic E-state index is -0.305. The summed E-state index contributed by atoms with van der Waals surface area (Å²) in [6.07, 6.45) is 4.20. The molecule has 1 heterocycles. The van der Waals surface area contributed by atoms with Crippen molar-refractivity contribution in [3.63, 3.8) is 0 Å². The maximum Gasteiger partial charge on any atom is 0.271 e. The summed E-state index contributed by atoms with van der Waals surface area (Å²) >= 11 is 6.12. The van der Waals surface area contributed by atoms with Gasteiger partial charge < -0.3 is 10.4 Å². The summed E-state index contributed by atoms with van der Waals surface area (Å²) in [5.74, 6) is -0.0838. The highest BCUT2D eigenvalue weighted by Crippen LogP contribution is 2.24. The lowest BCUT2D eigenvalue weighted by atomic mass is 10.1. The van der Waals surface area contributed by atoms with E-state index in [1.54, 1.807) is 23.0 Å². The Morgan fingerprint density at radius 1 is 1.36 bits per heavy atom. The summed E-state index contributed by atoms with van der Waals surface area (Å²) in [5, 5.41) is 17.5. The Hall–Kier alpha value is -1.85. The summed E-state index contributed by atoms with van der Waals surface area (Å²) in [4.78, 5) is 12.1. The van der Waals surface area contributed by atoms with E-state index in [9.17, 15) is 9.90 Å². The van der Waals surface area contributed by atoms with Gasteiger partial charge in [0.1, 0.15) is 0 Å². The van der Waals surface area contributed by atoms with Crippen LogP contribution < -0.4 is 5.32 Å². The van der Waals surface area contributed by atoms with Gasteiger partial charge in [0.15, 0.2) is 5.69 Å². The Labute approximate surface area is 133 Å². The van der Waals surface area contributed by atoms with Crippen LogP contribution in [-0.2, 0) is 0 Å². The molecule has 0 bridgehead atoms. The van der Waals surface area contributed by atoms with Crippen LogP contribution in [0.5, 0.6) is 0 Å². The van der Waals surface area contributed by atoms with Gasteiger partial charge in [0, 0.05) is 18.7 Å². The normalized spacial score (nSPS) is 21.0. The minimum absolute atomic E-state index is 0.148. The van der Waals surface area contributed by atoms with E-state index >= 15 is 0 Å². The van der Waals surface area contributed by atoms with E-state index < -0.39 is 0 Å². The van der Waals surface area contributed by atoms with Crippen LogP contribution in [-0.4, -0.2) is 33.4 Å². The summed E-state index contributed by atoms with van der Waals surface area (Å²) in [5.41, 5.74) is 1.07. The number of nitrogens with zero attached hydrogens (tertiary/aromatic N) is 2. The quantitative estimate of drug-likeness (QED) is 0.909. The zero-order valence-electron chi connectivity index (χ0n) is 12.1. The van der Waals surface area contributed by atoms with Gasteiger partial charge in [-0.1, -0.05) is 30.2 Å². The number of carbonyl (C=O) groups excluding carboxylic acids is 1. The fourth-order valence-corrected chi connectivity index (χ4v) is 3.01. The van der Waals surface area contributed by atoms with Crippen molar-refractivity contribution in [2.45, 2.75) is 25.4 Å². The number of nitrogens with one attached hydrogen (secondary N) is 1. The molecule has 2 N–H and O–H groups in total. The number of benzene rings is 1. The summed E-state index contributed by atoms with van der Waals surface area (Å²) < 4.78 is 1.58. The number of hydrogen-bond donors (Lipinski definition) is 2. The van der Waals surface area contributed by atoms with Gasteiger partial charge in [-0.3, -0.25) is 4.79 Å². The molecule has 0 saturated heterocycles. The lowest BCUT2D eigenvalue weighted by Crippen LogP contribution is -2.32. The standard InChI is InChI=1S/C16H18ClN3O2/c17-12-5-1-2-6-14(12)20-9-8-13(19-20)16(22)18-10-11-4-3-7-15(11)21/h1-2,5-6,8-9,11,15,21H,3-4,7,10H2,(H,18,22). The number of aliphatic hydroxyl groups excluding tert-OH is 1. The zero-order valence-corrected chi connectivity index (χ0v) is 12.8. The molecule has 1 aromatic carbocycles. The Kier molecular flexibility index (Phi) is 4.45. The number of halogens is 1. The van der Waals surface area contributed by atoms with Gasteiger partial charge in [0.25, 0.3) is 5.91 Å². The van der Waals surface area contributed by atoms with Gasteiger partial charge in [0.05, 0.1) is 16.8 Å². The average molecular weight is 320 g/mol. The third-order valence-electron chi connectivity index (χ3n) is 4.06. The first-order valence-corrected chi connectivity index (χ1v) is 7.80. The molecule has 6 heteroatoms. The highest BCUT2D eigenvalue weighted by Gasteiger charge is 2.25. The molecule has 1 aromatic heterocycles. The van der Waals surface area contributed by atoms with Crippen LogP contribution in [0.2, 0.25) is 5.02 Å². The number of carbonyl (C=O) groups is 1. The fraction of sp³-hybridized carbons (Fsp3) is 0.375. The first-order chi connectivity index (χ1) is 10.6. The predicted molar refractivity (Wildman–Crippen MR) is 84.3 cm³/mol. The molecule has 2 atom stereocenters. The molecule has 1 fully saturated rings. The van der Waals surface area contributed by atoms with Crippen LogP contribution in [0.25, 0.3) is 5.69 Å². The van der Waals surface area contributed by atoms with Crippen molar-refractivity contribution < 1.29 is 9.90 Å². The maximum absolute atomic E-state index is 12.1. The first kappa shape index (κ1) is 15.1. The van der Waals surface area contributed by atoms with E-state index in [4.69, 9.17) is 11.6 Å². The topological polar surface area (TPSA) is 67.2 Å². The molecule has 22 heavy (non-hydrogen) atoms. The molecule has 1 aliphatic rings. The van der Waals surface area contributed by atoms with E-state index in [1.807, 2.05) is 18.2 Å². The second-order valence-electron chi connectivity index (χ2n) is 5.57.